The maximum atomic E-state index is 12.5. The van der Waals surface area contributed by atoms with Crippen molar-refractivity contribution in [3.63, 3.8) is 0 Å². The molecule has 2 N–H and O–H groups in total. The van der Waals surface area contributed by atoms with Crippen LogP contribution in [0.5, 0.6) is 5.75 Å². The topological polar surface area (TPSA) is 89.7 Å². The highest BCUT2D eigenvalue weighted by molar-refractivity contribution is 9.10. The lowest BCUT2D eigenvalue weighted by atomic mass is 10.2. The number of aryl methyl sites for hydroxylation is 1. The summed E-state index contributed by atoms with van der Waals surface area (Å²) in [7, 11) is -2.25. The number of nitrogens with zero attached hydrogens (tertiary/aromatic N) is 1. The van der Waals surface area contributed by atoms with Crippen LogP contribution in [0, 0.1) is 6.92 Å². The highest BCUT2D eigenvalue weighted by Crippen LogP contribution is 2.22. The smallest absolute Gasteiger partial charge is 0.254 e. The minimum atomic E-state index is -3.87. The number of halogens is 1. The van der Waals surface area contributed by atoms with Crippen molar-refractivity contribution in [3.8, 4) is 5.75 Å². The molecule has 0 atom stereocenters. The van der Waals surface area contributed by atoms with Gasteiger partial charge in [0.25, 0.3) is 5.91 Å². The highest BCUT2D eigenvalue weighted by Gasteiger charge is 2.18. The van der Waals surface area contributed by atoms with Gasteiger partial charge in [-0.05, 0) is 58.7 Å². The van der Waals surface area contributed by atoms with Crippen LogP contribution in [0.2, 0.25) is 0 Å². The van der Waals surface area contributed by atoms with Crippen molar-refractivity contribution < 1.29 is 17.9 Å². The van der Waals surface area contributed by atoms with Gasteiger partial charge in [0, 0.05) is 11.5 Å². The fourth-order valence-corrected chi connectivity index (χ4v) is 3.11. The van der Waals surface area contributed by atoms with Gasteiger partial charge < -0.3 is 9.64 Å². The van der Waals surface area contributed by atoms with Crippen LogP contribution in [0.15, 0.2) is 51.8 Å². The lowest BCUT2D eigenvalue weighted by Gasteiger charge is -2.18. The van der Waals surface area contributed by atoms with Gasteiger partial charge in [-0.1, -0.05) is 12.1 Å². The van der Waals surface area contributed by atoms with Gasteiger partial charge in [0.05, 0.1) is 17.0 Å². The molecule has 2 rings (SSSR count). The van der Waals surface area contributed by atoms with Crippen LogP contribution < -0.4 is 9.88 Å². The number of likely N-dealkylation sites (N-methyl/N-ethyl adjacent to an activating group) is 1. The summed E-state index contributed by atoms with van der Waals surface area (Å²) in [6.07, 6.45) is 0. The third kappa shape index (κ3) is 5.29. The molecule has 1 amide bonds. The Labute approximate surface area is 155 Å². The molecule has 0 radical (unpaired) electrons. The summed E-state index contributed by atoms with van der Waals surface area (Å²) in [5.41, 5.74) is 1.32. The molecular formula is C17H19BrN2O4S. The molecule has 0 saturated carbocycles. The lowest BCUT2D eigenvalue weighted by Crippen LogP contribution is -2.31. The molecule has 134 valence electrons. The number of sulfonamides is 1. The Balaban J connectivity index is 2.04. The maximum absolute atomic E-state index is 12.5. The normalized spacial score (nSPS) is 11.2. The zero-order chi connectivity index (χ0) is 18.6. The van der Waals surface area contributed by atoms with Crippen LogP contribution in [0.1, 0.15) is 15.9 Å². The molecule has 0 saturated heterocycles. The molecule has 0 aromatic heterocycles. The van der Waals surface area contributed by atoms with Crippen LogP contribution in [0.25, 0.3) is 0 Å². The lowest BCUT2D eigenvalue weighted by molar-refractivity contribution is 0.0772. The predicted octanol–water partition coefficient (Wildman–Crippen LogP) is 2.56. The van der Waals surface area contributed by atoms with E-state index in [0.717, 1.165) is 11.3 Å². The van der Waals surface area contributed by atoms with Gasteiger partial charge in [-0.15, -0.1) is 0 Å². The van der Waals surface area contributed by atoms with Gasteiger partial charge in [-0.3, -0.25) is 4.79 Å². The summed E-state index contributed by atoms with van der Waals surface area (Å²) in [6.45, 7) is 2.63. The quantitative estimate of drug-likeness (QED) is 0.768. The van der Waals surface area contributed by atoms with Gasteiger partial charge in [0.2, 0.25) is 10.0 Å². The van der Waals surface area contributed by atoms with Crippen molar-refractivity contribution in [1.29, 1.82) is 0 Å². The molecule has 0 aliphatic rings. The molecule has 25 heavy (non-hydrogen) atoms. The van der Waals surface area contributed by atoms with Crippen LogP contribution in [0.4, 0.5) is 0 Å². The first kappa shape index (κ1) is 19.4. The summed E-state index contributed by atoms with van der Waals surface area (Å²) < 4.78 is 29.1. The summed E-state index contributed by atoms with van der Waals surface area (Å²) >= 11 is 3.26. The monoisotopic (exact) mass is 426 g/mol. The van der Waals surface area contributed by atoms with E-state index in [2.05, 4.69) is 15.9 Å². The second-order valence-electron chi connectivity index (χ2n) is 5.58. The minimum absolute atomic E-state index is 0.108. The number of ether oxygens (including phenoxy) is 1. The van der Waals surface area contributed by atoms with E-state index >= 15 is 0 Å². The second kappa shape index (κ2) is 7.99. The van der Waals surface area contributed by atoms with E-state index < -0.39 is 10.0 Å². The molecular weight excluding hydrogens is 408 g/mol. The number of carbonyl (C=O) groups excluding carboxylic acids is 1. The number of amides is 1. The zero-order valence-corrected chi connectivity index (χ0v) is 16.3. The summed E-state index contributed by atoms with van der Waals surface area (Å²) in [5, 5.41) is 5.12. The van der Waals surface area contributed by atoms with Crippen molar-refractivity contribution >= 4 is 31.9 Å². The Kier molecular flexibility index (Phi) is 6.21. The van der Waals surface area contributed by atoms with E-state index in [4.69, 9.17) is 9.88 Å². The number of nitrogens with two attached hydrogens (primary N) is 1. The van der Waals surface area contributed by atoms with Gasteiger partial charge in [0.15, 0.2) is 0 Å². The van der Waals surface area contributed by atoms with Crippen molar-refractivity contribution in [2.24, 2.45) is 5.14 Å². The molecule has 2 aromatic carbocycles. The standard InChI is InChI=1S/C17H19BrN2O4S/c1-12-4-3-5-13(10-12)24-9-8-20(2)17(21)15-11-14(25(19,22)23)6-7-16(15)18/h3-7,10-11H,8-9H2,1-2H3,(H2,19,22,23). The molecule has 6 nitrogen and oxygen atoms in total. The van der Waals surface area contributed by atoms with Crippen LogP contribution in [-0.4, -0.2) is 39.4 Å². The number of primary sulfonamides is 1. The zero-order valence-electron chi connectivity index (χ0n) is 13.9. The van der Waals surface area contributed by atoms with Crippen LogP contribution in [0.3, 0.4) is 0 Å². The average Bonchev–Trinajstić information content (AvgIpc) is 2.53. The molecule has 8 heteroatoms. The fourth-order valence-electron chi connectivity index (χ4n) is 2.16. The van der Waals surface area contributed by atoms with Gasteiger partial charge in [-0.25, -0.2) is 13.6 Å². The fraction of sp³-hybridized carbons (Fsp3) is 0.235. The largest absolute Gasteiger partial charge is 0.492 e. The Morgan fingerprint density at radius 1 is 1.24 bits per heavy atom. The first-order valence-electron chi connectivity index (χ1n) is 7.46. The molecule has 0 aliphatic carbocycles. The Morgan fingerprint density at radius 2 is 1.96 bits per heavy atom. The first-order valence-corrected chi connectivity index (χ1v) is 9.79. The SMILES string of the molecule is Cc1cccc(OCCN(C)C(=O)c2cc(S(N)(=O)=O)ccc2Br)c1. The summed E-state index contributed by atoms with van der Waals surface area (Å²) in [4.78, 5) is 13.9. The number of carbonyl (C=O) groups is 1. The number of rotatable bonds is 6. The highest BCUT2D eigenvalue weighted by atomic mass is 79.9. The number of hydrogen-bond acceptors (Lipinski definition) is 4. The first-order chi connectivity index (χ1) is 11.7. The molecule has 0 heterocycles. The van der Waals surface area contributed by atoms with Crippen molar-refractivity contribution in [1.82, 2.24) is 4.90 Å². The molecule has 0 aliphatic heterocycles. The van der Waals surface area contributed by atoms with Crippen LogP contribution >= 0.6 is 15.9 Å². The summed E-state index contributed by atoms with van der Waals surface area (Å²) in [5.74, 6) is 0.406. The summed E-state index contributed by atoms with van der Waals surface area (Å²) in [6, 6.07) is 11.7. The van der Waals surface area contributed by atoms with E-state index in [9.17, 15) is 13.2 Å². The van der Waals surface area contributed by atoms with E-state index in [1.807, 2.05) is 31.2 Å². The van der Waals surface area contributed by atoms with Gasteiger partial charge in [0.1, 0.15) is 12.4 Å². The Hall–Kier alpha value is -1.90. The number of hydrogen-bond donors (Lipinski definition) is 1. The van der Waals surface area contributed by atoms with Crippen molar-refractivity contribution in [2.45, 2.75) is 11.8 Å². The van der Waals surface area contributed by atoms with Gasteiger partial charge in [-0.2, -0.15) is 0 Å². The predicted molar refractivity (Wildman–Crippen MR) is 99.1 cm³/mol. The van der Waals surface area contributed by atoms with E-state index in [1.165, 1.54) is 23.1 Å². The van der Waals surface area contributed by atoms with E-state index in [0.29, 0.717) is 17.6 Å². The second-order valence-corrected chi connectivity index (χ2v) is 7.99. The molecule has 0 unspecified atom stereocenters. The maximum Gasteiger partial charge on any atom is 0.254 e. The molecule has 0 fully saturated rings. The third-order valence-electron chi connectivity index (χ3n) is 3.53. The molecule has 2 aromatic rings. The van der Waals surface area contributed by atoms with Crippen molar-refractivity contribution in [2.75, 3.05) is 20.2 Å². The molecule has 0 bridgehead atoms. The van der Waals surface area contributed by atoms with Crippen LogP contribution in [-0.2, 0) is 10.0 Å². The van der Waals surface area contributed by atoms with Crippen molar-refractivity contribution in [3.05, 3.63) is 58.1 Å². The van der Waals surface area contributed by atoms with E-state index in [-0.39, 0.29) is 16.4 Å². The Bertz CT molecular complexity index is 884. The Morgan fingerprint density at radius 3 is 2.60 bits per heavy atom. The third-order valence-corrected chi connectivity index (χ3v) is 5.13. The number of benzene rings is 2. The molecule has 0 spiro atoms. The van der Waals surface area contributed by atoms with E-state index in [1.54, 1.807) is 7.05 Å². The minimum Gasteiger partial charge on any atom is -0.492 e. The average molecular weight is 427 g/mol. The van der Waals surface area contributed by atoms with Gasteiger partial charge >= 0.3 is 0 Å².